The third-order valence-corrected chi connectivity index (χ3v) is 2.46. The van der Waals surface area contributed by atoms with Gasteiger partial charge in [-0.05, 0) is 17.7 Å². The van der Waals surface area contributed by atoms with Crippen LogP contribution in [0.4, 0.5) is 8.78 Å². The van der Waals surface area contributed by atoms with Gasteiger partial charge in [-0.25, -0.2) is 19.2 Å². The molecule has 6 heteroatoms. The Morgan fingerprint density at radius 3 is 2.65 bits per heavy atom. The second-order valence-electron chi connectivity index (χ2n) is 3.74. The lowest BCUT2D eigenvalue weighted by Crippen LogP contribution is -2.29. The molecule has 1 heterocycles. The monoisotopic (exact) mass is 238 g/mol. The van der Waals surface area contributed by atoms with E-state index in [-0.39, 0.29) is 0 Å². The van der Waals surface area contributed by atoms with E-state index in [4.69, 9.17) is 5.84 Å². The fraction of sp³-hybridized carbons (Fsp3) is 0.182. The summed E-state index contributed by atoms with van der Waals surface area (Å²) in [4.78, 5) is 4.12. The largest absolute Gasteiger partial charge is 0.340 e. The van der Waals surface area contributed by atoms with Gasteiger partial charge in [0.2, 0.25) is 0 Å². The molecule has 0 spiro atoms. The Bertz CT molecular complexity index is 524. The molecule has 1 unspecified atom stereocenters. The molecule has 17 heavy (non-hydrogen) atoms. The molecule has 90 valence electrons. The molecule has 0 saturated heterocycles. The fourth-order valence-corrected chi connectivity index (χ4v) is 1.63. The van der Waals surface area contributed by atoms with E-state index in [0.29, 0.717) is 11.3 Å². The van der Waals surface area contributed by atoms with Crippen molar-refractivity contribution >= 4 is 0 Å². The Morgan fingerprint density at radius 1 is 1.35 bits per heavy atom. The van der Waals surface area contributed by atoms with Crippen LogP contribution in [0.2, 0.25) is 0 Å². The van der Waals surface area contributed by atoms with Crippen LogP contribution in [-0.4, -0.2) is 9.55 Å². The first-order chi connectivity index (χ1) is 8.11. The minimum Gasteiger partial charge on any atom is -0.340 e. The standard InChI is InChI=1S/C11H12F2N4/c1-17-5-10(15-6-17)11(16-14)7-2-3-8(12)9(13)4-7/h2-6,11,16H,14H2,1H3. The minimum absolute atomic E-state index is 0.466. The van der Waals surface area contributed by atoms with Crippen molar-refractivity contribution in [2.75, 3.05) is 0 Å². The number of nitrogens with one attached hydrogen (secondary N) is 1. The predicted octanol–water partition coefficient (Wildman–Crippen LogP) is 1.25. The summed E-state index contributed by atoms with van der Waals surface area (Å²) >= 11 is 0. The van der Waals surface area contributed by atoms with Crippen molar-refractivity contribution in [3.05, 3.63) is 53.6 Å². The molecule has 1 atom stereocenters. The summed E-state index contributed by atoms with van der Waals surface area (Å²) in [6.45, 7) is 0. The zero-order valence-corrected chi connectivity index (χ0v) is 9.19. The highest BCUT2D eigenvalue weighted by molar-refractivity contribution is 5.27. The summed E-state index contributed by atoms with van der Waals surface area (Å²) in [5.41, 5.74) is 3.69. The third-order valence-electron chi connectivity index (χ3n) is 2.46. The van der Waals surface area contributed by atoms with E-state index in [0.717, 1.165) is 12.1 Å². The summed E-state index contributed by atoms with van der Waals surface area (Å²) in [7, 11) is 1.81. The van der Waals surface area contributed by atoms with Gasteiger partial charge in [-0.1, -0.05) is 6.07 Å². The number of hydrogen-bond donors (Lipinski definition) is 2. The normalized spacial score (nSPS) is 12.7. The molecule has 0 saturated carbocycles. The molecule has 1 aromatic carbocycles. The Kier molecular flexibility index (Phi) is 3.16. The average molecular weight is 238 g/mol. The van der Waals surface area contributed by atoms with Crippen molar-refractivity contribution in [3.8, 4) is 0 Å². The molecule has 0 aliphatic rings. The van der Waals surface area contributed by atoms with E-state index < -0.39 is 17.7 Å². The number of aromatic nitrogens is 2. The average Bonchev–Trinajstić information content (AvgIpc) is 2.71. The zero-order valence-electron chi connectivity index (χ0n) is 9.19. The number of imidazole rings is 1. The molecule has 0 fully saturated rings. The molecule has 0 aliphatic heterocycles. The van der Waals surface area contributed by atoms with Crippen molar-refractivity contribution in [1.82, 2.24) is 15.0 Å². The first-order valence-electron chi connectivity index (χ1n) is 5.00. The Labute approximate surface area is 97.0 Å². The number of nitrogens with two attached hydrogens (primary N) is 1. The highest BCUT2D eigenvalue weighted by atomic mass is 19.2. The van der Waals surface area contributed by atoms with Gasteiger partial charge >= 0.3 is 0 Å². The molecule has 1 aromatic heterocycles. The number of rotatable bonds is 3. The topological polar surface area (TPSA) is 55.9 Å². The summed E-state index contributed by atoms with van der Waals surface area (Å²) in [5, 5.41) is 0. The van der Waals surface area contributed by atoms with Crippen molar-refractivity contribution in [2.45, 2.75) is 6.04 Å². The van der Waals surface area contributed by atoms with Crippen LogP contribution in [0.1, 0.15) is 17.3 Å². The highest BCUT2D eigenvalue weighted by Gasteiger charge is 2.16. The molecule has 0 bridgehead atoms. The predicted molar refractivity (Wildman–Crippen MR) is 58.7 cm³/mol. The number of benzene rings is 1. The van der Waals surface area contributed by atoms with E-state index in [1.807, 2.05) is 7.05 Å². The fourth-order valence-electron chi connectivity index (χ4n) is 1.63. The highest BCUT2D eigenvalue weighted by Crippen LogP contribution is 2.21. The number of hydrazine groups is 1. The Morgan fingerprint density at radius 2 is 2.12 bits per heavy atom. The van der Waals surface area contributed by atoms with Gasteiger partial charge in [-0.3, -0.25) is 5.84 Å². The van der Waals surface area contributed by atoms with E-state index in [2.05, 4.69) is 10.4 Å². The molecule has 3 N–H and O–H groups in total. The lowest BCUT2D eigenvalue weighted by Gasteiger charge is -2.14. The molecule has 0 radical (unpaired) electrons. The van der Waals surface area contributed by atoms with Gasteiger partial charge in [0.15, 0.2) is 11.6 Å². The van der Waals surface area contributed by atoms with Crippen molar-refractivity contribution in [1.29, 1.82) is 0 Å². The van der Waals surface area contributed by atoms with E-state index >= 15 is 0 Å². The Hall–Kier alpha value is -1.79. The van der Waals surface area contributed by atoms with Crippen LogP contribution in [0, 0.1) is 11.6 Å². The summed E-state index contributed by atoms with van der Waals surface area (Å²) < 4.78 is 27.7. The molecule has 2 aromatic rings. The van der Waals surface area contributed by atoms with Crippen LogP contribution in [0.3, 0.4) is 0 Å². The summed E-state index contributed by atoms with van der Waals surface area (Å²) in [6, 6.07) is 3.18. The SMILES string of the molecule is Cn1cnc(C(NN)c2ccc(F)c(F)c2)c1. The van der Waals surface area contributed by atoms with Crippen molar-refractivity contribution in [3.63, 3.8) is 0 Å². The third kappa shape index (κ3) is 2.32. The smallest absolute Gasteiger partial charge is 0.159 e. The quantitative estimate of drug-likeness (QED) is 0.625. The van der Waals surface area contributed by atoms with Crippen LogP contribution >= 0.6 is 0 Å². The van der Waals surface area contributed by atoms with Gasteiger partial charge in [0, 0.05) is 13.2 Å². The van der Waals surface area contributed by atoms with E-state index in [9.17, 15) is 8.78 Å². The maximum absolute atomic E-state index is 13.1. The zero-order chi connectivity index (χ0) is 12.4. The molecular formula is C11H12F2N4. The maximum atomic E-state index is 13.1. The molecule has 0 aliphatic carbocycles. The second-order valence-corrected chi connectivity index (χ2v) is 3.74. The van der Waals surface area contributed by atoms with E-state index in [1.165, 1.54) is 6.07 Å². The van der Waals surface area contributed by atoms with Crippen molar-refractivity contribution < 1.29 is 8.78 Å². The molecule has 2 rings (SSSR count). The van der Waals surface area contributed by atoms with Crippen LogP contribution in [0.5, 0.6) is 0 Å². The van der Waals surface area contributed by atoms with Gasteiger partial charge in [-0.15, -0.1) is 0 Å². The van der Waals surface area contributed by atoms with Crippen LogP contribution < -0.4 is 11.3 Å². The van der Waals surface area contributed by atoms with Gasteiger partial charge in [0.25, 0.3) is 0 Å². The van der Waals surface area contributed by atoms with Crippen LogP contribution in [-0.2, 0) is 7.05 Å². The molecule has 4 nitrogen and oxygen atoms in total. The first-order valence-corrected chi connectivity index (χ1v) is 5.00. The molecule has 0 amide bonds. The molecular weight excluding hydrogens is 226 g/mol. The number of halogens is 2. The van der Waals surface area contributed by atoms with Gasteiger partial charge in [0.05, 0.1) is 18.1 Å². The lowest BCUT2D eigenvalue weighted by molar-refractivity contribution is 0.503. The summed E-state index contributed by atoms with van der Waals surface area (Å²) in [6.07, 6.45) is 3.37. The maximum Gasteiger partial charge on any atom is 0.159 e. The number of nitrogens with zero attached hydrogens (tertiary/aromatic N) is 2. The first kappa shape index (κ1) is 11.7. The van der Waals surface area contributed by atoms with Gasteiger partial charge < -0.3 is 4.57 Å². The summed E-state index contributed by atoms with van der Waals surface area (Å²) in [5.74, 6) is 3.63. The lowest BCUT2D eigenvalue weighted by atomic mass is 10.0. The van der Waals surface area contributed by atoms with Gasteiger partial charge in [0.1, 0.15) is 0 Å². The minimum atomic E-state index is -0.904. The second kappa shape index (κ2) is 4.60. The van der Waals surface area contributed by atoms with Gasteiger partial charge in [-0.2, -0.15) is 0 Å². The Balaban J connectivity index is 2.38. The van der Waals surface area contributed by atoms with Crippen LogP contribution in [0.25, 0.3) is 0 Å². The van der Waals surface area contributed by atoms with Crippen molar-refractivity contribution in [2.24, 2.45) is 12.9 Å². The number of hydrogen-bond acceptors (Lipinski definition) is 3. The van der Waals surface area contributed by atoms with E-state index in [1.54, 1.807) is 17.1 Å². The van der Waals surface area contributed by atoms with Crippen LogP contribution in [0.15, 0.2) is 30.7 Å². The number of aryl methyl sites for hydroxylation is 1.